The lowest BCUT2D eigenvalue weighted by Gasteiger charge is -2.22. The second-order valence-electron chi connectivity index (χ2n) is 8.23. The first-order chi connectivity index (χ1) is 17.1. The molecule has 1 amide bonds. The molecular weight excluding hydrogens is 482 g/mol. The highest BCUT2D eigenvalue weighted by Gasteiger charge is 2.32. The van der Waals surface area contributed by atoms with E-state index in [1.807, 2.05) is 0 Å². The highest BCUT2D eigenvalue weighted by Crippen LogP contribution is 2.30. The van der Waals surface area contributed by atoms with Gasteiger partial charge in [-0.1, -0.05) is 0 Å². The highest BCUT2D eigenvalue weighted by atomic mass is 19.4. The quantitative estimate of drug-likeness (QED) is 0.427. The predicted molar refractivity (Wildman–Crippen MR) is 122 cm³/mol. The van der Waals surface area contributed by atoms with Crippen molar-refractivity contribution in [3.8, 4) is 16.9 Å². The van der Waals surface area contributed by atoms with Crippen LogP contribution in [-0.2, 0) is 6.54 Å². The molecule has 0 saturated carbocycles. The molecule has 4 aromatic rings. The van der Waals surface area contributed by atoms with Crippen LogP contribution in [-0.4, -0.2) is 56.9 Å². The van der Waals surface area contributed by atoms with Gasteiger partial charge in [-0.3, -0.25) is 4.79 Å². The zero-order chi connectivity index (χ0) is 25.6. The Balaban J connectivity index is 1.47. The number of amides is 1. The average Bonchev–Trinajstić information content (AvgIpc) is 3.15. The number of hydrogen-bond donors (Lipinski definition) is 1. The van der Waals surface area contributed by atoms with Crippen molar-refractivity contribution in [2.24, 2.45) is 0 Å². The predicted octanol–water partition coefficient (Wildman–Crippen LogP) is 3.50. The molecule has 4 heterocycles. The van der Waals surface area contributed by atoms with Crippen LogP contribution in [0.4, 0.5) is 29.3 Å². The van der Waals surface area contributed by atoms with E-state index in [0.29, 0.717) is 23.6 Å². The molecular formula is C23H19F4N7O2. The maximum absolute atomic E-state index is 14.5. The first kappa shape index (κ1) is 23.3. The average molecular weight is 501 g/mol. The van der Waals surface area contributed by atoms with Crippen molar-refractivity contribution >= 4 is 23.3 Å². The highest BCUT2D eigenvalue weighted by molar-refractivity contribution is 6.00. The topological polar surface area (TPSA) is 102 Å². The third kappa shape index (κ3) is 4.59. The molecule has 1 aliphatic rings. The van der Waals surface area contributed by atoms with E-state index in [-0.39, 0.29) is 30.2 Å². The van der Waals surface area contributed by atoms with E-state index >= 15 is 0 Å². The van der Waals surface area contributed by atoms with Crippen molar-refractivity contribution in [2.45, 2.75) is 12.9 Å². The number of nitrogen functional groups attached to an aromatic ring is 1. The maximum Gasteiger partial charge on any atom is 0.573 e. The number of nitrogens with two attached hydrogens (primary N) is 1. The van der Waals surface area contributed by atoms with E-state index < -0.39 is 23.8 Å². The van der Waals surface area contributed by atoms with Crippen molar-refractivity contribution in [2.75, 3.05) is 30.8 Å². The van der Waals surface area contributed by atoms with E-state index in [1.165, 1.54) is 9.42 Å². The van der Waals surface area contributed by atoms with Crippen LogP contribution in [0.15, 0.2) is 48.8 Å². The van der Waals surface area contributed by atoms with Crippen molar-refractivity contribution in [1.29, 1.82) is 0 Å². The van der Waals surface area contributed by atoms with E-state index in [4.69, 9.17) is 5.73 Å². The number of carbonyl (C=O) groups is 1. The van der Waals surface area contributed by atoms with E-state index in [9.17, 15) is 22.4 Å². The van der Waals surface area contributed by atoms with Gasteiger partial charge >= 0.3 is 6.36 Å². The van der Waals surface area contributed by atoms with Crippen LogP contribution in [0, 0.1) is 5.82 Å². The molecule has 0 unspecified atom stereocenters. The van der Waals surface area contributed by atoms with Gasteiger partial charge in [-0.15, -0.1) is 18.3 Å². The molecule has 0 atom stereocenters. The van der Waals surface area contributed by atoms with Gasteiger partial charge in [0.05, 0.1) is 5.56 Å². The second kappa shape index (κ2) is 8.66. The molecule has 36 heavy (non-hydrogen) atoms. The van der Waals surface area contributed by atoms with Crippen LogP contribution >= 0.6 is 0 Å². The largest absolute Gasteiger partial charge is 0.573 e. The summed E-state index contributed by atoms with van der Waals surface area (Å²) in [6.07, 6.45) is -1.61. The zero-order valence-corrected chi connectivity index (χ0v) is 18.8. The Morgan fingerprint density at radius 3 is 2.69 bits per heavy atom. The summed E-state index contributed by atoms with van der Waals surface area (Å²) in [6, 6.07) is 7.90. The van der Waals surface area contributed by atoms with Gasteiger partial charge in [0, 0.05) is 50.2 Å². The van der Waals surface area contributed by atoms with Crippen molar-refractivity contribution in [3.63, 3.8) is 0 Å². The van der Waals surface area contributed by atoms with Crippen LogP contribution < -0.4 is 15.4 Å². The normalized spacial score (nSPS) is 14.2. The Morgan fingerprint density at radius 2 is 1.92 bits per heavy atom. The van der Waals surface area contributed by atoms with Crippen LogP contribution in [0.25, 0.3) is 16.8 Å². The molecule has 1 aliphatic heterocycles. The third-order valence-electron chi connectivity index (χ3n) is 5.75. The Kier molecular flexibility index (Phi) is 5.61. The first-order valence-electron chi connectivity index (χ1n) is 10.7. The number of fused-ring (bicyclic) bond motifs is 2. The Hall–Kier alpha value is -4.42. The van der Waals surface area contributed by atoms with Gasteiger partial charge < -0.3 is 20.3 Å². The lowest BCUT2D eigenvalue weighted by Crippen LogP contribution is -2.33. The fourth-order valence-corrected chi connectivity index (χ4v) is 4.03. The smallest absolute Gasteiger partial charge is 0.406 e. The van der Waals surface area contributed by atoms with E-state index in [1.54, 1.807) is 42.5 Å². The van der Waals surface area contributed by atoms with Gasteiger partial charge in [0.1, 0.15) is 17.4 Å². The molecule has 186 valence electrons. The number of hydrogen-bond acceptors (Lipinski definition) is 7. The fraction of sp³-hybridized carbons (Fsp3) is 0.217. The third-order valence-corrected chi connectivity index (χ3v) is 5.75. The minimum Gasteiger partial charge on any atom is -0.406 e. The monoisotopic (exact) mass is 501 g/mol. The van der Waals surface area contributed by atoms with Gasteiger partial charge in [0.15, 0.2) is 5.65 Å². The van der Waals surface area contributed by atoms with Crippen LogP contribution in [0.5, 0.6) is 5.75 Å². The van der Waals surface area contributed by atoms with Gasteiger partial charge in [-0.05, 0) is 42.0 Å². The summed E-state index contributed by atoms with van der Waals surface area (Å²) in [5.74, 6) is -1.18. The molecule has 0 saturated heterocycles. The number of halogens is 4. The summed E-state index contributed by atoms with van der Waals surface area (Å²) >= 11 is 0. The molecule has 5 rings (SSSR count). The molecule has 9 nitrogen and oxygen atoms in total. The summed E-state index contributed by atoms with van der Waals surface area (Å²) in [4.78, 5) is 25.3. The van der Waals surface area contributed by atoms with Gasteiger partial charge in [0.25, 0.3) is 5.91 Å². The van der Waals surface area contributed by atoms with Crippen LogP contribution in [0.1, 0.15) is 15.9 Å². The molecule has 0 spiro atoms. The van der Waals surface area contributed by atoms with Crippen molar-refractivity contribution in [3.05, 3.63) is 65.7 Å². The number of benzene rings is 1. The number of ether oxygens (including phenoxy) is 1. The Labute approximate surface area is 201 Å². The molecule has 0 radical (unpaired) electrons. The number of pyridine rings is 2. The fourth-order valence-electron chi connectivity index (χ4n) is 4.03. The molecule has 0 aliphatic carbocycles. The number of anilines is 2. The minimum atomic E-state index is -4.92. The zero-order valence-electron chi connectivity index (χ0n) is 18.8. The lowest BCUT2D eigenvalue weighted by molar-refractivity contribution is -0.274. The molecule has 0 fully saturated rings. The van der Waals surface area contributed by atoms with E-state index in [2.05, 4.69) is 19.8 Å². The number of nitrogens with zero attached hydrogens (tertiary/aromatic N) is 6. The lowest BCUT2D eigenvalue weighted by atomic mass is 10.1. The Morgan fingerprint density at radius 1 is 1.11 bits per heavy atom. The standard InChI is InChI=1S/C23H19F4N7O2/c1-32-6-7-33(12-15-8-16(2-3-18(15)24)36-23(25,26)27)21(35)17-9-14(11-29-20(17)32)13-4-5-34-19(10-13)30-22(28)31-34/h2-5,8-11H,6-7,12H2,1H3,(H2,28,31). The number of carbonyl (C=O) groups excluding carboxylic acids is 1. The molecule has 3 aromatic heterocycles. The summed E-state index contributed by atoms with van der Waals surface area (Å²) < 4.78 is 57.7. The Bertz CT molecular complexity index is 1470. The number of likely N-dealkylation sites (N-methyl/N-ethyl adjacent to an activating group) is 1. The van der Waals surface area contributed by atoms with Crippen LogP contribution in [0.2, 0.25) is 0 Å². The van der Waals surface area contributed by atoms with Gasteiger partial charge in [-0.2, -0.15) is 4.98 Å². The first-order valence-corrected chi connectivity index (χ1v) is 10.7. The van der Waals surface area contributed by atoms with E-state index in [0.717, 1.165) is 23.8 Å². The number of alkyl halides is 3. The van der Waals surface area contributed by atoms with Gasteiger partial charge in [0.2, 0.25) is 5.95 Å². The van der Waals surface area contributed by atoms with Gasteiger partial charge in [-0.25, -0.2) is 13.9 Å². The number of aromatic nitrogens is 4. The number of rotatable bonds is 4. The van der Waals surface area contributed by atoms with Crippen molar-refractivity contribution in [1.82, 2.24) is 24.5 Å². The minimum absolute atomic E-state index is 0.102. The summed E-state index contributed by atoms with van der Waals surface area (Å²) in [5.41, 5.74) is 7.69. The SMILES string of the molecule is CN1CCN(Cc2cc(OC(F)(F)F)ccc2F)C(=O)c2cc(-c3ccn4nc(N)nc4c3)cnc21. The summed E-state index contributed by atoms with van der Waals surface area (Å²) in [7, 11) is 1.77. The molecule has 0 bridgehead atoms. The molecule has 1 aromatic carbocycles. The summed E-state index contributed by atoms with van der Waals surface area (Å²) in [6.45, 7) is 0.342. The summed E-state index contributed by atoms with van der Waals surface area (Å²) in [5, 5.41) is 4.03. The van der Waals surface area contributed by atoms with Crippen molar-refractivity contribution < 1.29 is 27.1 Å². The molecule has 2 N–H and O–H groups in total. The van der Waals surface area contributed by atoms with Crippen LogP contribution in [0.3, 0.4) is 0 Å². The second-order valence-corrected chi connectivity index (χ2v) is 8.23. The molecule has 13 heteroatoms. The maximum atomic E-state index is 14.5.